The molecule has 0 amide bonds. The van der Waals surface area contributed by atoms with Crippen LogP contribution >= 0.6 is 15.9 Å². The topological polar surface area (TPSA) is 17.8 Å². The fourth-order valence-electron chi connectivity index (χ4n) is 1.88. The lowest BCUT2D eigenvalue weighted by Gasteiger charge is -2.09. The van der Waals surface area contributed by atoms with Crippen molar-refractivity contribution in [1.82, 2.24) is 9.78 Å². The molecule has 0 saturated heterocycles. The van der Waals surface area contributed by atoms with Crippen LogP contribution in [0.1, 0.15) is 30.9 Å². The summed E-state index contributed by atoms with van der Waals surface area (Å²) in [6.07, 6.45) is 5.93. The second kappa shape index (κ2) is 3.21. The molecule has 0 spiro atoms. The Morgan fingerprint density at radius 1 is 1.58 bits per heavy atom. The molecule has 1 aliphatic rings. The van der Waals surface area contributed by atoms with Crippen LogP contribution in [0, 0.1) is 0 Å². The molecule has 1 aromatic rings. The second-order valence-corrected chi connectivity index (χ2v) is 4.64. The Morgan fingerprint density at radius 2 is 2.42 bits per heavy atom. The highest BCUT2D eigenvalue weighted by Gasteiger charge is 2.27. The molecule has 0 aliphatic heterocycles. The molecule has 1 saturated carbocycles. The Kier molecular flexibility index (Phi) is 2.22. The van der Waals surface area contributed by atoms with Crippen molar-refractivity contribution in [2.24, 2.45) is 7.05 Å². The van der Waals surface area contributed by atoms with Crippen LogP contribution in [-0.4, -0.2) is 14.6 Å². The van der Waals surface area contributed by atoms with E-state index in [1.54, 1.807) is 0 Å². The highest BCUT2D eigenvalue weighted by Crippen LogP contribution is 2.38. The molecular formula is C9H13BrN2. The van der Waals surface area contributed by atoms with Crippen molar-refractivity contribution in [3.05, 3.63) is 18.0 Å². The van der Waals surface area contributed by atoms with Gasteiger partial charge in [0, 0.05) is 24.0 Å². The molecule has 66 valence electrons. The first-order valence-corrected chi connectivity index (χ1v) is 5.32. The standard InChI is InChI=1S/C9H13BrN2/c1-12-6-5-9(11-12)7-3-2-4-8(7)10/h5-8H,2-4H2,1H3. The maximum atomic E-state index is 4.43. The number of hydrogen-bond acceptors (Lipinski definition) is 1. The molecule has 0 bridgehead atoms. The quantitative estimate of drug-likeness (QED) is 0.676. The molecule has 12 heavy (non-hydrogen) atoms. The average Bonchev–Trinajstić information content (AvgIpc) is 2.58. The first kappa shape index (κ1) is 8.30. The largest absolute Gasteiger partial charge is 0.276 e. The monoisotopic (exact) mass is 228 g/mol. The summed E-state index contributed by atoms with van der Waals surface area (Å²) in [7, 11) is 1.97. The maximum absolute atomic E-state index is 4.43. The van der Waals surface area contributed by atoms with Crippen LogP contribution in [0.3, 0.4) is 0 Å². The Bertz CT molecular complexity index is 269. The molecule has 1 fully saturated rings. The van der Waals surface area contributed by atoms with Crippen molar-refractivity contribution in [2.45, 2.75) is 30.0 Å². The minimum absolute atomic E-state index is 0.645. The average molecular weight is 229 g/mol. The van der Waals surface area contributed by atoms with E-state index in [0.717, 1.165) is 0 Å². The summed E-state index contributed by atoms with van der Waals surface area (Å²) in [4.78, 5) is 0.646. The van der Waals surface area contributed by atoms with Crippen LogP contribution in [0.4, 0.5) is 0 Å². The Balaban J connectivity index is 2.19. The van der Waals surface area contributed by atoms with Gasteiger partial charge in [-0.25, -0.2) is 0 Å². The molecule has 0 radical (unpaired) electrons. The van der Waals surface area contributed by atoms with E-state index in [4.69, 9.17) is 0 Å². The van der Waals surface area contributed by atoms with Gasteiger partial charge in [0.05, 0.1) is 5.69 Å². The summed E-state index contributed by atoms with van der Waals surface area (Å²) in [6.45, 7) is 0. The fraction of sp³-hybridized carbons (Fsp3) is 0.667. The molecule has 3 heteroatoms. The van der Waals surface area contributed by atoms with Crippen molar-refractivity contribution >= 4 is 15.9 Å². The lowest BCUT2D eigenvalue weighted by molar-refractivity contribution is 0.669. The van der Waals surface area contributed by atoms with Gasteiger partial charge in [0.2, 0.25) is 0 Å². The van der Waals surface area contributed by atoms with Gasteiger partial charge >= 0.3 is 0 Å². The Hall–Kier alpha value is -0.310. The van der Waals surface area contributed by atoms with E-state index in [1.165, 1.54) is 25.0 Å². The summed E-state index contributed by atoms with van der Waals surface area (Å²) in [5, 5.41) is 4.43. The molecule has 2 unspecified atom stereocenters. The first-order chi connectivity index (χ1) is 5.77. The predicted molar refractivity (Wildman–Crippen MR) is 52.5 cm³/mol. The highest BCUT2D eigenvalue weighted by molar-refractivity contribution is 9.09. The van der Waals surface area contributed by atoms with E-state index in [2.05, 4.69) is 27.1 Å². The Morgan fingerprint density at radius 3 is 2.92 bits per heavy atom. The molecule has 2 rings (SSSR count). The van der Waals surface area contributed by atoms with Gasteiger partial charge in [-0.05, 0) is 18.9 Å². The third-order valence-electron chi connectivity index (χ3n) is 2.55. The van der Waals surface area contributed by atoms with E-state index in [-0.39, 0.29) is 0 Å². The number of rotatable bonds is 1. The minimum atomic E-state index is 0.645. The van der Waals surface area contributed by atoms with Crippen LogP contribution < -0.4 is 0 Å². The summed E-state index contributed by atoms with van der Waals surface area (Å²) in [5.41, 5.74) is 1.25. The lowest BCUT2D eigenvalue weighted by Crippen LogP contribution is -2.05. The van der Waals surface area contributed by atoms with Crippen LogP contribution in [0.2, 0.25) is 0 Å². The van der Waals surface area contributed by atoms with Gasteiger partial charge in [0.15, 0.2) is 0 Å². The number of hydrogen-bond donors (Lipinski definition) is 0. The number of halogens is 1. The van der Waals surface area contributed by atoms with Crippen LogP contribution in [0.25, 0.3) is 0 Å². The van der Waals surface area contributed by atoms with E-state index in [0.29, 0.717) is 10.7 Å². The summed E-state index contributed by atoms with van der Waals surface area (Å²) < 4.78 is 1.88. The number of nitrogens with zero attached hydrogens (tertiary/aromatic N) is 2. The third-order valence-corrected chi connectivity index (χ3v) is 3.64. The highest BCUT2D eigenvalue weighted by atomic mass is 79.9. The molecule has 1 aromatic heterocycles. The van der Waals surface area contributed by atoms with Gasteiger partial charge in [-0.3, -0.25) is 4.68 Å². The normalized spacial score (nSPS) is 29.5. The van der Waals surface area contributed by atoms with Gasteiger partial charge in [-0.1, -0.05) is 22.4 Å². The van der Waals surface area contributed by atoms with Gasteiger partial charge in [0.25, 0.3) is 0 Å². The van der Waals surface area contributed by atoms with Gasteiger partial charge < -0.3 is 0 Å². The van der Waals surface area contributed by atoms with Gasteiger partial charge in [-0.2, -0.15) is 5.10 Å². The van der Waals surface area contributed by atoms with Crippen LogP contribution in [0.5, 0.6) is 0 Å². The van der Waals surface area contributed by atoms with E-state index >= 15 is 0 Å². The van der Waals surface area contributed by atoms with Crippen molar-refractivity contribution < 1.29 is 0 Å². The molecule has 0 aromatic carbocycles. The number of alkyl halides is 1. The van der Waals surface area contributed by atoms with E-state index in [1.807, 2.05) is 17.9 Å². The molecule has 2 nitrogen and oxygen atoms in total. The van der Waals surface area contributed by atoms with E-state index in [9.17, 15) is 0 Å². The molecule has 1 heterocycles. The van der Waals surface area contributed by atoms with Crippen molar-refractivity contribution in [2.75, 3.05) is 0 Å². The zero-order chi connectivity index (χ0) is 8.55. The van der Waals surface area contributed by atoms with Crippen LogP contribution in [-0.2, 0) is 7.05 Å². The smallest absolute Gasteiger partial charge is 0.0666 e. The minimum Gasteiger partial charge on any atom is -0.276 e. The number of aromatic nitrogens is 2. The second-order valence-electron chi connectivity index (χ2n) is 3.47. The zero-order valence-corrected chi connectivity index (χ0v) is 8.79. The fourth-order valence-corrected chi connectivity index (χ4v) is 2.74. The SMILES string of the molecule is Cn1ccc(C2CCCC2Br)n1. The first-order valence-electron chi connectivity index (χ1n) is 4.41. The summed E-state index contributed by atoms with van der Waals surface area (Å²) >= 11 is 3.70. The molecule has 0 N–H and O–H groups in total. The van der Waals surface area contributed by atoms with Crippen molar-refractivity contribution in [1.29, 1.82) is 0 Å². The van der Waals surface area contributed by atoms with Crippen molar-refractivity contribution in [3.63, 3.8) is 0 Å². The lowest BCUT2D eigenvalue weighted by atomic mass is 10.1. The molecule has 2 atom stereocenters. The van der Waals surface area contributed by atoms with Crippen LogP contribution in [0.15, 0.2) is 12.3 Å². The van der Waals surface area contributed by atoms with Crippen molar-refractivity contribution in [3.8, 4) is 0 Å². The third kappa shape index (κ3) is 1.42. The van der Waals surface area contributed by atoms with Gasteiger partial charge in [0.1, 0.15) is 0 Å². The van der Waals surface area contributed by atoms with Gasteiger partial charge in [-0.15, -0.1) is 0 Å². The summed E-state index contributed by atoms with van der Waals surface area (Å²) in [6, 6.07) is 2.13. The maximum Gasteiger partial charge on any atom is 0.0666 e. The molecular weight excluding hydrogens is 216 g/mol. The number of aryl methyl sites for hydroxylation is 1. The Labute approximate surface area is 81.1 Å². The predicted octanol–water partition coefficient (Wildman–Crippen LogP) is 2.45. The molecule has 1 aliphatic carbocycles. The summed E-state index contributed by atoms with van der Waals surface area (Å²) in [5.74, 6) is 0.645. The van der Waals surface area contributed by atoms with E-state index < -0.39 is 0 Å². The zero-order valence-electron chi connectivity index (χ0n) is 7.20.